The van der Waals surface area contributed by atoms with Gasteiger partial charge in [0.05, 0.1) is 0 Å². The Labute approximate surface area is 84.7 Å². The number of benzene rings is 1. The highest BCUT2D eigenvalue weighted by molar-refractivity contribution is 7.98. The molecule has 1 aromatic rings. The molecule has 0 amide bonds. The Morgan fingerprint density at radius 3 is 2.62 bits per heavy atom. The van der Waals surface area contributed by atoms with E-state index < -0.39 is 0 Å². The van der Waals surface area contributed by atoms with Crippen molar-refractivity contribution in [3.8, 4) is 0 Å². The van der Waals surface area contributed by atoms with Gasteiger partial charge in [0, 0.05) is 4.90 Å². The van der Waals surface area contributed by atoms with Crippen LogP contribution in [0.2, 0.25) is 0 Å². The lowest BCUT2D eigenvalue weighted by Gasteiger charge is -2.11. The smallest absolute Gasteiger partial charge is 0.00985 e. The second-order valence-electron chi connectivity index (χ2n) is 3.37. The minimum Gasteiger partial charge on any atom is -0.330 e. The number of aryl methyl sites for hydroxylation is 1. The van der Waals surface area contributed by atoms with Gasteiger partial charge >= 0.3 is 0 Å². The van der Waals surface area contributed by atoms with Crippen LogP contribution in [0.25, 0.3) is 0 Å². The summed E-state index contributed by atoms with van der Waals surface area (Å²) in [7, 11) is 0. The molecular weight excluding hydrogens is 178 g/mol. The van der Waals surface area contributed by atoms with Crippen LogP contribution < -0.4 is 5.73 Å². The molecule has 0 radical (unpaired) electrons. The van der Waals surface area contributed by atoms with Crippen molar-refractivity contribution in [1.82, 2.24) is 0 Å². The van der Waals surface area contributed by atoms with E-state index in [1.807, 2.05) is 0 Å². The summed E-state index contributed by atoms with van der Waals surface area (Å²) in [6, 6.07) is 6.60. The molecule has 0 aliphatic rings. The normalized spacial score (nSPS) is 12.9. The monoisotopic (exact) mass is 195 g/mol. The van der Waals surface area contributed by atoms with Gasteiger partial charge in [-0.2, -0.15) is 0 Å². The van der Waals surface area contributed by atoms with Gasteiger partial charge in [0.15, 0.2) is 0 Å². The summed E-state index contributed by atoms with van der Waals surface area (Å²) in [5.74, 6) is 0.467. The molecule has 0 saturated carbocycles. The molecule has 2 N–H and O–H groups in total. The van der Waals surface area contributed by atoms with Crippen LogP contribution in [0.15, 0.2) is 23.1 Å². The SMILES string of the molecule is CSc1ccc(C(C)CN)cc1C. The van der Waals surface area contributed by atoms with Crippen molar-refractivity contribution in [3.63, 3.8) is 0 Å². The van der Waals surface area contributed by atoms with Crippen LogP contribution in [0.4, 0.5) is 0 Å². The maximum atomic E-state index is 5.62. The fourth-order valence-electron chi connectivity index (χ4n) is 1.34. The molecule has 1 rings (SSSR count). The van der Waals surface area contributed by atoms with E-state index in [1.54, 1.807) is 11.8 Å². The average molecular weight is 195 g/mol. The van der Waals surface area contributed by atoms with E-state index >= 15 is 0 Å². The molecule has 0 aromatic heterocycles. The summed E-state index contributed by atoms with van der Waals surface area (Å²) in [4.78, 5) is 1.35. The highest BCUT2D eigenvalue weighted by Crippen LogP contribution is 2.23. The van der Waals surface area contributed by atoms with Gasteiger partial charge in [-0.25, -0.2) is 0 Å². The fourth-order valence-corrected chi connectivity index (χ4v) is 1.93. The first-order chi connectivity index (χ1) is 6.19. The van der Waals surface area contributed by atoms with Gasteiger partial charge in [0.25, 0.3) is 0 Å². The predicted octanol–water partition coefficient (Wildman–Crippen LogP) is 2.78. The highest BCUT2D eigenvalue weighted by atomic mass is 32.2. The first kappa shape index (κ1) is 10.6. The molecule has 72 valence electrons. The number of rotatable bonds is 3. The van der Waals surface area contributed by atoms with Gasteiger partial charge in [-0.1, -0.05) is 19.1 Å². The topological polar surface area (TPSA) is 26.0 Å². The van der Waals surface area contributed by atoms with Crippen molar-refractivity contribution in [3.05, 3.63) is 29.3 Å². The standard InChI is InChI=1S/C11H17NS/c1-8-6-10(9(2)7-12)4-5-11(8)13-3/h4-6,9H,7,12H2,1-3H3. The van der Waals surface area contributed by atoms with Crippen LogP contribution in [0.3, 0.4) is 0 Å². The van der Waals surface area contributed by atoms with Gasteiger partial charge in [-0.3, -0.25) is 0 Å². The second kappa shape index (κ2) is 4.68. The summed E-state index contributed by atoms with van der Waals surface area (Å²) in [6.07, 6.45) is 2.11. The van der Waals surface area contributed by atoms with Crippen LogP contribution in [-0.4, -0.2) is 12.8 Å². The highest BCUT2D eigenvalue weighted by Gasteiger charge is 2.04. The second-order valence-corrected chi connectivity index (χ2v) is 4.21. The average Bonchev–Trinajstić information content (AvgIpc) is 2.16. The minimum absolute atomic E-state index is 0.467. The third kappa shape index (κ3) is 2.48. The lowest BCUT2D eigenvalue weighted by molar-refractivity contribution is 0.772. The van der Waals surface area contributed by atoms with Crippen molar-refractivity contribution >= 4 is 11.8 Å². The van der Waals surface area contributed by atoms with Crippen LogP contribution in [-0.2, 0) is 0 Å². The van der Waals surface area contributed by atoms with Crippen molar-refractivity contribution < 1.29 is 0 Å². The summed E-state index contributed by atoms with van der Waals surface area (Å²) < 4.78 is 0. The summed E-state index contributed by atoms with van der Waals surface area (Å²) in [5, 5.41) is 0. The number of hydrogen-bond donors (Lipinski definition) is 1. The third-order valence-electron chi connectivity index (χ3n) is 2.34. The van der Waals surface area contributed by atoms with Crippen LogP contribution >= 0.6 is 11.8 Å². The number of thioether (sulfide) groups is 1. The number of nitrogens with two attached hydrogens (primary N) is 1. The molecule has 0 fully saturated rings. The Hall–Kier alpha value is -0.470. The van der Waals surface area contributed by atoms with E-state index in [2.05, 4.69) is 38.3 Å². The maximum Gasteiger partial charge on any atom is 0.00985 e. The zero-order valence-corrected chi connectivity index (χ0v) is 9.32. The third-order valence-corrected chi connectivity index (χ3v) is 3.24. The molecular formula is C11H17NS. The molecule has 0 bridgehead atoms. The van der Waals surface area contributed by atoms with Crippen molar-refractivity contribution in [2.45, 2.75) is 24.7 Å². The molecule has 0 saturated heterocycles. The van der Waals surface area contributed by atoms with Gasteiger partial charge in [0.2, 0.25) is 0 Å². The van der Waals surface area contributed by atoms with E-state index in [-0.39, 0.29) is 0 Å². The van der Waals surface area contributed by atoms with Crippen LogP contribution in [0, 0.1) is 6.92 Å². The predicted molar refractivity (Wildman–Crippen MR) is 60.4 cm³/mol. The maximum absolute atomic E-state index is 5.62. The van der Waals surface area contributed by atoms with E-state index in [0.717, 1.165) is 6.54 Å². The van der Waals surface area contributed by atoms with Gasteiger partial charge in [0.1, 0.15) is 0 Å². The van der Waals surface area contributed by atoms with Gasteiger partial charge < -0.3 is 5.73 Å². The van der Waals surface area contributed by atoms with Gasteiger partial charge in [-0.15, -0.1) is 11.8 Å². The van der Waals surface area contributed by atoms with Crippen LogP contribution in [0.5, 0.6) is 0 Å². The lowest BCUT2D eigenvalue weighted by atomic mass is 10.00. The fraction of sp³-hybridized carbons (Fsp3) is 0.455. The molecule has 13 heavy (non-hydrogen) atoms. The molecule has 1 atom stereocenters. The summed E-state index contributed by atoms with van der Waals surface area (Å²) in [5.41, 5.74) is 8.32. The largest absolute Gasteiger partial charge is 0.330 e. The Morgan fingerprint density at radius 2 is 2.15 bits per heavy atom. The zero-order valence-electron chi connectivity index (χ0n) is 8.50. The summed E-state index contributed by atoms with van der Waals surface area (Å²) in [6.45, 7) is 5.03. The van der Waals surface area contributed by atoms with E-state index in [0.29, 0.717) is 5.92 Å². The van der Waals surface area contributed by atoms with E-state index in [1.165, 1.54) is 16.0 Å². The molecule has 2 heteroatoms. The molecule has 0 heterocycles. The van der Waals surface area contributed by atoms with Crippen molar-refractivity contribution in [2.75, 3.05) is 12.8 Å². The Balaban J connectivity index is 2.95. The van der Waals surface area contributed by atoms with E-state index in [4.69, 9.17) is 5.73 Å². The molecule has 0 spiro atoms. The van der Waals surface area contributed by atoms with Crippen molar-refractivity contribution in [1.29, 1.82) is 0 Å². The first-order valence-electron chi connectivity index (χ1n) is 4.53. The molecule has 1 unspecified atom stereocenters. The zero-order chi connectivity index (χ0) is 9.84. The molecule has 0 aliphatic carbocycles. The quantitative estimate of drug-likeness (QED) is 0.751. The molecule has 1 aromatic carbocycles. The van der Waals surface area contributed by atoms with Gasteiger partial charge in [-0.05, 0) is 42.8 Å². The first-order valence-corrected chi connectivity index (χ1v) is 5.76. The Bertz CT molecular complexity index is 283. The molecule has 0 aliphatic heterocycles. The minimum atomic E-state index is 0.467. The number of hydrogen-bond acceptors (Lipinski definition) is 2. The summed E-state index contributed by atoms with van der Waals surface area (Å²) >= 11 is 1.79. The van der Waals surface area contributed by atoms with E-state index in [9.17, 15) is 0 Å². The Morgan fingerprint density at radius 1 is 1.46 bits per heavy atom. The lowest BCUT2D eigenvalue weighted by Crippen LogP contribution is -2.08. The molecule has 1 nitrogen and oxygen atoms in total. The van der Waals surface area contributed by atoms with Crippen molar-refractivity contribution in [2.24, 2.45) is 5.73 Å². The Kier molecular flexibility index (Phi) is 3.82. The van der Waals surface area contributed by atoms with Crippen LogP contribution in [0.1, 0.15) is 24.0 Å².